The monoisotopic (exact) mass is 363 g/mol. The number of carbonyl (C=O) groups is 1. The molecule has 0 radical (unpaired) electrons. The van der Waals surface area contributed by atoms with Crippen LogP contribution in [0.1, 0.15) is 36.4 Å². The lowest BCUT2D eigenvalue weighted by atomic mass is 9.88. The van der Waals surface area contributed by atoms with Crippen molar-refractivity contribution in [2.75, 3.05) is 19.6 Å². The van der Waals surface area contributed by atoms with Crippen LogP contribution in [0.2, 0.25) is 0 Å². The number of carbonyl (C=O) groups excluding carboxylic acids is 1. The van der Waals surface area contributed by atoms with Crippen LogP contribution >= 0.6 is 24.8 Å². The van der Waals surface area contributed by atoms with E-state index in [9.17, 15) is 9.90 Å². The van der Waals surface area contributed by atoms with E-state index in [2.05, 4.69) is 0 Å². The molecular formula is C16H27Cl2N3O2. The van der Waals surface area contributed by atoms with Gasteiger partial charge in [0.05, 0.1) is 5.60 Å². The van der Waals surface area contributed by atoms with E-state index >= 15 is 0 Å². The van der Waals surface area contributed by atoms with Gasteiger partial charge in [0, 0.05) is 13.1 Å². The Bertz CT molecular complexity index is 489. The predicted octanol–water partition coefficient (Wildman–Crippen LogP) is 1.54. The molecule has 5 N–H and O–H groups in total. The van der Waals surface area contributed by atoms with E-state index in [4.69, 9.17) is 11.5 Å². The number of likely N-dealkylation sites (tertiary alicyclic amines) is 1. The van der Waals surface area contributed by atoms with Gasteiger partial charge in [-0.3, -0.25) is 4.79 Å². The van der Waals surface area contributed by atoms with Crippen molar-refractivity contribution >= 4 is 30.7 Å². The third kappa shape index (κ3) is 5.62. The number of rotatable bonds is 4. The number of hydrogen-bond acceptors (Lipinski definition) is 4. The molecule has 1 heterocycles. The van der Waals surface area contributed by atoms with Gasteiger partial charge in [-0.15, -0.1) is 24.8 Å². The number of piperidine rings is 1. The van der Waals surface area contributed by atoms with Gasteiger partial charge >= 0.3 is 0 Å². The van der Waals surface area contributed by atoms with Crippen molar-refractivity contribution in [2.45, 2.75) is 37.8 Å². The zero-order valence-electron chi connectivity index (χ0n) is 13.4. The van der Waals surface area contributed by atoms with Crippen LogP contribution in [0.4, 0.5) is 0 Å². The molecule has 23 heavy (non-hydrogen) atoms. The summed E-state index contributed by atoms with van der Waals surface area (Å²) < 4.78 is 0. The highest BCUT2D eigenvalue weighted by molar-refractivity contribution is 5.85. The smallest absolute Gasteiger partial charge is 0.244 e. The van der Waals surface area contributed by atoms with Gasteiger partial charge < -0.3 is 21.5 Å². The van der Waals surface area contributed by atoms with Gasteiger partial charge in [0.2, 0.25) is 5.91 Å². The molecule has 0 aromatic heterocycles. The Kier molecular flexibility index (Phi) is 9.10. The molecule has 1 aromatic rings. The Morgan fingerprint density at radius 2 is 1.78 bits per heavy atom. The van der Waals surface area contributed by atoms with Crippen molar-refractivity contribution in [3.05, 3.63) is 35.4 Å². The topological polar surface area (TPSA) is 92.6 Å². The van der Waals surface area contributed by atoms with E-state index in [-0.39, 0.29) is 30.7 Å². The first kappa shape index (κ1) is 22.1. The standard InChI is InChI=1S/C16H25N3O2.2ClH/c1-12-2-4-13(5-3-12)14(18)15(20)19-10-7-16(21,6-9-17)8-11-19;;/h2-5,14,21H,6-11,17-18H2,1H3;2*1H. The Labute approximate surface area is 150 Å². The van der Waals surface area contributed by atoms with Gasteiger partial charge in [-0.05, 0) is 38.3 Å². The van der Waals surface area contributed by atoms with Crippen molar-refractivity contribution in [1.82, 2.24) is 4.90 Å². The fraction of sp³-hybridized carbons (Fsp3) is 0.562. The summed E-state index contributed by atoms with van der Waals surface area (Å²) in [6.07, 6.45) is 1.71. The van der Waals surface area contributed by atoms with Crippen molar-refractivity contribution in [2.24, 2.45) is 11.5 Å². The third-order valence-corrected chi connectivity index (χ3v) is 4.32. The van der Waals surface area contributed by atoms with Gasteiger partial charge in [-0.2, -0.15) is 0 Å². The average Bonchev–Trinajstić information content (AvgIpc) is 2.47. The molecule has 0 aliphatic carbocycles. The average molecular weight is 364 g/mol. The molecule has 7 heteroatoms. The summed E-state index contributed by atoms with van der Waals surface area (Å²) in [7, 11) is 0. The van der Waals surface area contributed by atoms with E-state index in [0.717, 1.165) is 11.1 Å². The van der Waals surface area contributed by atoms with E-state index < -0.39 is 11.6 Å². The molecule has 1 aliphatic heterocycles. The molecule has 1 fully saturated rings. The molecule has 0 bridgehead atoms. The normalized spacial score (nSPS) is 17.7. The maximum atomic E-state index is 12.4. The molecular weight excluding hydrogens is 337 g/mol. The second-order valence-electron chi connectivity index (χ2n) is 5.98. The predicted molar refractivity (Wildman–Crippen MR) is 97.0 cm³/mol. The zero-order valence-corrected chi connectivity index (χ0v) is 15.0. The lowest BCUT2D eigenvalue weighted by Gasteiger charge is -2.39. The second-order valence-corrected chi connectivity index (χ2v) is 5.98. The van der Waals surface area contributed by atoms with Crippen LogP contribution in [-0.4, -0.2) is 41.1 Å². The molecule has 1 amide bonds. The van der Waals surface area contributed by atoms with Gasteiger partial charge in [-0.1, -0.05) is 29.8 Å². The number of halogens is 2. The molecule has 1 unspecified atom stereocenters. The molecule has 0 spiro atoms. The highest BCUT2D eigenvalue weighted by atomic mass is 35.5. The Balaban J connectivity index is 0.00000242. The molecule has 1 aliphatic rings. The van der Waals surface area contributed by atoms with Crippen molar-refractivity contribution in [3.8, 4) is 0 Å². The maximum absolute atomic E-state index is 12.4. The number of hydrogen-bond donors (Lipinski definition) is 3. The largest absolute Gasteiger partial charge is 0.390 e. The van der Waals surface area contributed by atoms with Crippen LogP contribution < -0.4 is 11.5 Å². The van der Waals surface area contributed by atoms with Crippen LogP contribution in [0.25, 0.3) is 0 Å². The van der Waals surface area contributed by atoms with E-state index in [1.54, 1.807) is 4.90 Å². The minimum absolute atomic E-state index is 0. The molecule has 5 nitrogen and oxygen atoms in total. The molecule has 1 atom stereocenters. The number of nitrogens with zero attached hydrogens (tertiary/aromatic N) is 1. The van der Waals surface area contributed by atoms with E-state index in [0.29, 0.717) is 38.9 Å². The summed E-state index contributed by atoms with van der Waals surface area (Å²) >= 11 is 0. The summed E-state index contributed by atoms with van der Waals surface area (Å²) in [6, 6.07) is 7.07. The molecule has 0 saturated carbocycles. The fourth-order valence-electron chi connectivity index (χ4n) is 2.78. The van der Waals surface area contributed by atoms with Gasteiger partial charge in [-0.25, -0.2) is 0 Å². The summed E-state index contributed by atoms with van der Waals surface area (Å²) in [5.41, 5.74) is 12.8. The Morgan fingerprint density at radius 1 is 1.26 bits per heavy atom. The minimum Gasteiger partial charge on any atom is -0.390 e. The Morgan fingerprint density at radius 3 is 2.26 bits per heavy atom. The van der Waals surface area contributed by atoms with Crippen LogP contribution in [0.3, 0.4) is 0 Å². The fourth-order valence-corrected chi connectivity index (χ4v) is 2.78. The summed E-state index contributed by atoms with van der Waals surface area (Å²) in [4.78, 5) is 14.2. The number of aryl methyl sites for hydroxylation is 1. The number of nitrogens with two attached hydrogens (primary N) is 2. The molecule has 1 aromatic carbocycles. The SMILES string of the molecule is Cc1ccc(C(N)C(=O)N2CCC(O)(CCN)CC2)cc1.Cl.Cl. The molecule has 2 rings (SSSR count). The number of amides is 1. The lowest BCUT2D eigenvalue weighted by molar-refractivity contribution is -0.137. The number of benzene rings is 1. The van der Waals surface area contributed by atoms with Gasteiger partial charge in [0.25, 0.3) is 0 Å². The first-order chi connectivity index (χ1) is 9.95. The summed E-state index contributed by atoms with van der Waals surface area (Å²) in [6.45, 7) is 3.54. The lowest BCUT2D eigenvalue weighted by Crippen LogP contribution is -2.49. The first-order valence-electron chi connectivity index (χ1n) is 7.48. The molecule has 1 saturated heterocycles. The second kappa shape index (κ2) is 9.45. The maximum Gasteiger partial charge on any atom is 0.244 e. The van der Waals surface area contributed by atoms with E-state index in [1.807, 2.05) is 31.2 Å². The third-order valence-electron chi connectivity index (χ3n) is 4.32. The highest BCUT2D eigenvalue weighted by Gasteiger charge is 2.34. The first-order valence-corrected chi connectivity index (χ1v) is 7.48. The summed E-state index contributed by atoms with van der Waals surface area (Å²) in [5.74, 6) is -0.0753. The Hall–Kier alpha value is -0.850. The van der Waals surface area contributed by atoms with Crippen molar-refractivity contribution in [1.29, 1.82) is 0 Å². The highest BCUT2D eigenvalue weighted by Crippen LogP contribution is 2.26. The van der Waals surface area contributed by atoms with Crippen molar-refractivity contribution < 1.29 is 9.90 Å². The summed E-state index contributed by atoms with van der Waals surface area (Å²) in [5, 5.41) is 10.3. The molecule has 132 valence electrons. The zero-order chi connectivity index (χ0) is 15.5. The van der Waals surface area contributed by atoms with Crippen LogP contribution in [0.15, 0.2) is 24.3 Å². The van der Waals surface area contributed by atoms with Crippen LogP contribution in [0, 0.1) is 6.92 Å². The van der Waals surface area contributed by atoms with Gasteiger partial charge in [0.1, 0.15) is 6.04 Å². The quantitative estimate of drug-likeness (QED) is 0.756. The minimum atomic E-state index is -0.723. The van der Waals surface area contributed by atoms with Gasteiger partial charge in [0.15, 0.2) is 0 Å². The van der Waals surface area contributed by atoms with Crippen molar-refractivity contribution in [3.63, 3.8) is 0 Å². The van der Waals surface area contributed by atoms with Crippen LogP contribution in [0.5, 0.6) is 0 Å². The van der Waals surface area contributed by atoms with E-state index in [1.165, 1.54) is 0 Å². The van der Waals surface area contributed by atoms with Crippen LogP contribution in [-0.2, 0) is 4.79 Å². The number of aliphatic hydroxyl groups is 1.